The SMILES string of the molecule is Brc1ccc(Br)c(N2CCNC(C3CCCCC3)C2)c1. The number of halogens is 2. The summed E-state index contributed by atoms with van der Waals surface area (Å²) in [4.78, 5) is 2.53. The zero-order valence-corrected chi connectivity index (χ0v) is 14.9. The molecule has 1 saturated heterocycles. The van der Waals surface area contributed by atoms with E-state index in [0.717, 1.165) is 30.0 Å². The van der Waals surface area contributed by atoms with E-state index in [1.807, 2.05) is 0 Å². The van der Waals surface area contributed by atoms with Crippen molar-refractivity contribution in [1.82, 2.24) is 5.32 Å². The molecule has 1 aliphatic heterocycles. The standard InChI is InChI=1S/C16H22Br2N2/c17-13-6-7-14(18)16(10-13)20-9-8-19-15(11-20)12-4-2-1-3-5-12/h6-7,10,12,15,19H,1-5,8-9,11H2. The Kier molecular flexibility index (Phi) is 5.05. The number of hydrogen-bond donors (Lipinski definition) is 1. The fraction of sp³-hybridized carbons (Fsp3) is 0.625. The molecular weight excluding hydrogens is 380 g/mol. The second-order valence-corrected chi connectivity index (χ2v) is 7.77. The summed E-state index contributed by atoms with van der Waals surface area (Å²) in [5.41, 5.74) is 1.32. The number of hydrogen-bond acceptors (Lipinski definition) is 2. The van der Waals surface area contributed by atoms with Crippen molar-refractivity contribution in [2.45, 2.75) is 38.1 Å². The van der Waals surface area contributed by atoms with E-state index >= 15 is 0 Å². The molecule has 2 fully saturated rings. The quantitative estimate of drug-likeness (QED) is 0.780. The normalized spacial score (nSPS) is 24.9. The molecule has 1 heterocycles. The highest BCUT2D eigenvalue weighted by Gasteiger charge is 2.28. The Morgan fingerprint density at radius 1 is 1.10 bits per heavy atom. The second kappa shape index (κ2) is 6.80. The zero-order valence-electron chi connectivity index (χ0n) is 11.7. The molecule has 0 amide bonds. The lowest BCUT2D eigenvalue weighted by Gasteiger charge is -2.40. The van der Waals surface area contributed by atoms with Crippen LogP contribution in [0.4, 0.5) is 5.69 Å². The van der Waals surface area contributed by atoms with E-state index in [2.05, 4.69) is 60.3 Å². The van der Waals surface area contributed by atoms with Gasteiger partial charge in [-0.1, -0.05) is 35.2 Å². The fourth-order valence-corrected chi connectivity index (χ4v) is 4.42. The molecule has 1 aliphatic carbocycles. The van der Waals surface area contributed by atoms with Crippen molar-refractivity contribution in [3.63, 3.8) is 0 Å². The smallest absolute Gasteiger partial charge is 0.0522 e. The first-order valence-corrected chi connectivity index (χ1v) is 9.26. The predicted molar refractivity (Wildman–Crippen MR) is 92.4 cm³/mol. The average Bonchev–Trinajstić information content (AvgIpc) is 2.51. The summed E-state index contributed by atoms with van der Waals surface area (Å²) in [7, 11) is 0. The maximum Gasteiger partial charge on any atom is 0.0522 e. The molecule has 2 nitrogen and oxygen atoms in total. The van der Waals surface area contributed by atoms with Crippen LogP contribution in [0.5, 0.6) is 0 Å². The predicted octanol–water partition coefficient (Wildman–Crippen LogP) is 4.57. The Bertz CT molecular complexity index is 458. The molecule has 1 unspecified atom stereocenters. The summed E-state index contributed by atoms with van der Waals surface area (Å²) >= 11 is 7.29. The molecule has 1 aromatic carbocycles. The van der Waals surface area contributed by atoms with E-state index in [0.29, 0.717) is 6.04 Å². The first-order valence-electron chi connectivity index (χ1n) is 7.67. The van der Waals surface area contributed by atoms with Gasteiger partial charge in [0.1, 0.15) is 0 Å². The van der Waals surface area contributed by atoms with E-state index < -0.39 is 0 Å². The van der Waals surface area contributed by atoms with Gasteiger partial charge in [-0.3, -0.25) is 0 Å². The highest BCUT2D eigenvalue weighted by atomic mass is 79.9. The first kappa shape index (κ1) is 14.9. The first-order chi connectivity index (χ1) is 9.74. The van der Waals surface area contributed by atoms with Gasteiger partial charge < -0.3 is 10.2 Å². The Morgan fingerprint density at radius 3 is 2.70 bits per heavy atom. The Balaban J connectivity index is 1.72. The topological polar surface area (TPSA) is 15.3 Å². The number of rotatable bonds is 2. The van der Waals surface area contributed by atoms with Crippen molar-refractivity contribution < 1.29 is 0 Å². The van der Waals surface area contributed by atoms with Crippen molar-refractivity contribution in [2.24, 2.45) is 5.92 Å². The van der Waals surface area contributed by atoms with Gasteiger partial charge in [0.25, 0.3) is 0 Å². The Morgan fingerprint density at radius 2 is 1.90 bits per heavy atom. The van der Waals surface area contributed by atoms with Crippen molar-refractivity contribution in [1.29, 1.82) is 0 Å². The molecule has 4 heteroatoms. The summed E-state index contributed by atoms with van der Waals surface area (Å²) in [5.74, 6) is 0.873. The number of anilines is 1. The van der Waals surface area contributed by atoms with Crippen molar-refractivity contribution >= 4 is 37.5 Å². The fourth-order valence-electron chi connectivity index (χ4n) is 3.58. The van der Waals surface area contributed by atoms with Crippen LogP contribution >= 0.6 is 31.9 Å². The van der Waals surface area contributed by atoms with E-state index in [-0.39, 0.29) is 0 Å². The molecule has 1 N–H and O–H groups in total. The molecule has 1 atom stereocenters. The van der Waals surface area contributed by atoms with E-state index in [4.69, 9.17) is 0 Å². The van der Waals surface area contributed by atoms with Crippen LogP contribution in [0.15, 0.2) is 27.1 Å². The van der Waals surface area contributed by atoms with Gasteiger partial charge in [0.15, 0.2) is 0 Å². The Labute approximate surface area is 138 Å². The van der Waals surface area contributed by atoms with Gasteiger partial charge in [-0.2, -0.15) is 0 Å². The zero-order chi connectivity index (χ0) is 13.9. The minimum Gasteiger partial charge on any atom is -0.368 e. The van der Waals surface area contributed by atoms with Crippen LogP contribution in [-0.2, 0) is 0 Å². The lowest BCUT2D eigenvalue weighted by atomic mass is 9.83. The highest BCUT2D eigenvalue weighted by Crippen LogP contribution is 2.33. The van der Waals surface area contributed by atoms with Gasteiger partial charge in [-0.05, 0) is 52.9 Å². The molecule has 0 radical (unpaired) electrons. The molecule has 2 aliphatic rings. The second-order valence-electron chi connectivity index (χ2n) is 6.00. The van der Waals surface area contributed by atoms with Gasteiger partial charge in [0.2, 0.25) is 0 Å². The van der Waals surface area contributed by atoms with Crippen LogP contribution in [-0.4, -0.2) is 25.7 Å². The van der Waals surface area contributed by atoms with E-state index in [1.54, 1.807) is 0 Å². The molecule has 0 bridgehead atoms. The number of nitrogens with zero attached hydrogens (tertiary/aromatic N) is 1. The summed E-state index contributed by atoms with van der Waals surface area (Å²) in [6.45, 7) is 3.33. The van der Waals surface area contributed by atoms with Crippen LogP contribution in [0.2, 0.25) is 0 Å². The molecule has 1 saturated carbocycles. The largest absolute Gasteiger partial charge is 0.368 e. The third-order valence-corrected chi connectivity index (χ3v) is 5.84. The maximum atomic E-state index is 3.75. The molecule has 3 rings (SSSR count). The maximum absolute atomic E-state index is 3.75. The van der Waals surface area contributed by atoms with Crippen LogP contribution in [0, 0.1) is 5.92 Å². The van der Waals surface area contributed by atoms with E-state index in [1.165, 1.54) is 42.3 Å². The monoisotopic (exact) mass is 400 g/mol. The van der Waals surface area contributed by atoms with Gasteiger partial charge in [0.05, 0.1) is 5.69 Å². The molecule has 20 heavy (non-hydrogen) atoms. The van der Waals surface area contributed by atoms with E-state index in [9.17, 15) is 0 Å². The highest BCUT2D eigenvalue weighted by molar-refractivity contribution is 9.11. The summed E-state index contributed by atoms with van der Waals surface area (Å²) in [6, 6.07) is 7.12. The summed E-state index contributed by atoms with van der Waals surface area (Å²) in [6.07, 6.45) is 7.09. The van der Waals surface area contributed by atoms with Crippen molar-refractivity contribution in [3.05, 3.63) is 27.1 Å². The lowest BCUT2D eigenvalue weighted by molar-refractivity contribution is 0.257. The van der Waals surface area contributed by atoms with Crippen molar-refractivity contribution in [2.75, 3.05) is 24.5 Å². The average molecular weight is 402 g/mol. The summed E-state index contributed by atoms with van der Waals surface area (Å²) in [5, 5.41) is 3.75. The van der Waals surface area contributed by atoms with Gasteiger partial charge in [0, 0.05) is 34.6 Å². The molecule has 0 spiro atoms. The Hall–Kier alpha value is -0.0600. The number of benzene rings is 1. The van der Waals surface area contributed by atoms with Gasteiger partial charge in [-0.15, -0.1) is 0 Å². The minimum absolute atomic E-state index is 0.662. The van der Waals surface area contributed by atoms with Crippen molar-refractivity contribution in [3.8, 4) is 0 Å². The molecule has 0 aromatic heterocycles. The van der Waals surface area contributed by atoms with Gasteiger partial charge >= 0.3 is 0 Å². The van der Waals surface area contributed by atoms with Crippen LogP contribution in [0.25, 0.3) is 0 Å². The van der Waals surface area contributed by atoms with Crippen LogP contribution < -0.4 is 10.2 Å². The summed E-state index contributed by atoms with van der Waals surface area (Å²) < 4.78 is 2.36. The molecular formula is C16H22Br2N2. The number of piperazine rings is 1. The number of nitrogens with one attached hydrogen (secondary N) is 1. The van der Waals surface area contributed by atoms with Crippen LogP contribution in [0.3, 0.4) is 0 Å². The molecule has 1 aromatic rings. The molecule has 110 valence electrons. The third kappa shape index (κ3) is 3.40. The van der Waals surface area contributed by atoms with Crippen LogP contribution in [0.1, 0.15) is 32.1 Å². The minimum atomic E-state index is 0.662. The van der Waals surface area contributed by atoms with Gasteiger partial charge in [-0.25, -0.2) is 0 Å². The lowest BCUT2D eigenvalue weighted by Crippen LogP contribution is -2.54. The third-order valence-electron chi connectivity index (χ3n) is 4.67.